The molecule has 1 amide bonds. The molecule has 7 nitrogen and oxygen atoms in total. The number of amides is 1. The standard InChI is InChI=1S/C23H25ClN4O3/c24-21-4-2-1-3-17(21)13-23(29)27-19-5-6-20(18-15-25-26-16-18)22(14-19)31-12-9-28-7-10-30-11-8-28/h1-6,14-16H,7-13H2,(H,25,26)(H,27,29). The summed E-state index contributed by atoms with van der Waals surface area (Å²) >= 11 is 6.17. The van der Waals surface area contributed by atoms with Gasteiger partial charge in [-0.15, -0.1) is 0 Å². The van der Waals surface area contributed by atoms with E-state index < -0.39 is 0 Å². The van der Waals surface area contributed by atoms with Crippen LogP contribution in [0.15, 0.2) is 54.9 Å². The van der Waals surface area contributed by atoms with Crippen LogP contribution in [0.5, 0.6) is 5.75 Å². The molecule has 0 aliphatic carbocycles. The number of morpholine rings is 1. The number of hydrogen-bond acceptors (Lipinski definition) is 5. The first-order valence-corrected chi connectivity index (χ1v) is 10.7. The third kappa shape index (κ3) is 5.85. The lowest BCUT2D eigenvalue weighted by Crippen LogP contribution is -2.38. The highest BCUT2D eigenvalue weighted by Crippen LogP contribution is 2.32. The van der Waals surface area contributed by atoms with Crippen LogP contribution in [0, 0.1) is 0 Å². The van der Waals surface area contributed by atoms with E-state index in [1.54, 1.807) is 12.3 Å². The molecule has 0 saturated carbocycles. The van der Waals surface area contributed by atoms with E-state index in [-0.39, 0.29) is 12.3 Å². The number of rotatable bonds is 8. The van der Waals surface area contributed by atoms with Crippen LogP contribution in [-0.2, 0) is 16.0 Å². The minimum Gasteiger partial charge on any atom is -0.492 e. The number of anilines is 1. The summed E-state index contributed by atoms with van der Waals surface area (Å²) in [5.74, 6) is 0.564. The maximum atomic E-state index is 12.5. The number of nitrogens with one attached hydrogen (secondary N) is 2. The number of carbonyl (C=O) groups excluding carboxylic acids is 1. The lowest BCUT2D eigenvalue weighted by molar-refractivity contribution is -0.115. The van der Waals surface area contributed by atoms with Crippen LogP contribution in [0.4, 0.5) is 5.69 Å². The van der Waals surface area contributed by atoms with Crippen LogP contribution < -0.4 is 10.1 Å². The summed E-state index contributed by atoms with van der Waals surface area (Å²) in [5.41, 5.74) is 3.31. The molecule has 0 bridgehead atoms. The van der Waals surface area contributed by atoms with Gasteiger partial charge in [0.2, 0.25) is 5.91 Å². The topological polar surface area (TPSA) is 79.5 Å². The van der Waals surface area contributed by atoms with E-state index in [9.17, 15) is 4.79 Å². The van der Waals surface area contributed by atoms with Gasteiger partial charge in [-0.2, -0.15) is 5.10 Å². The first kappa shape index (κ1) is 21.4. The summed E-state index contributed by atoms with van der Waals surface area (Å²) in [6.45, 7) is 4.70. The van der Waals surface area contributed by atoms with Crippen LogP contribution in [0.1, 0.15) is 5.56 Å². The van der Waals surface area contributed by atoms with Crippen LogP contribution >= 0.6 is 11.6 Å². The summed E-state index contributed by atoms with van der Waals surface area (Å²) in [5, 5.41) is 10.4. The van der Waals surface area contributed by atoms with Crippen molar-refractivity contribution in [1.29, 1.82) is 0 Å². The van der Waals surface area contributed by atoms with Crippen LogP contribution in [0.2, 0.25) is 5.02 Å². The van der Waals surface area contributed by atoms with E-state index in [0.29, 0.717) is 23.1 Å². The molecule has 0 spiro atoms. The molecule has 1 aliphatic rings. The van der Waals surface area contributed by atoms with Crippen molar-refractivity contribution < 1.29 is 14.3 Å². The van der Waals surface area contributed by atoms with Crippen molar-refractivity contribution in [3.8, 4) is 16.9 Å². The number of nitrogens with zero attached hydrogens (tertiary/aromatic N) is 2. The Morgan fingerprint density at radius 1 is 1.23 bits per heavy atom. The number of benzene rings is 2. The van der Waals surface area contributed by atoms with Gasteiger partial charge in [0.1, 0.15) is 12.4 Å². The molecule has 1 fully saturated rings. The fourth-order valence-electron chi connectivity index (χ4n) is 3.49. The molecule has 3 aromatic rings. The van der Waals surface area contributed by atoms with E-state index >= 15 is 0 Å². The number of halogens is 1. The van der Waals surface area contributed by atoms with Crippen LogP contribution in [0.3, 0.4) is 0 Å². The van der Waals surface area contributed by atoms with Crippen LogP contribution in [-0.4, -0.2) is 60.5 Å². The second-order valence-electron chi connectivity index (χ2n) is 7.32. The molecule has 4 rings (SSSR count). The zero-order chi connectivity index (χ0) is 21.5. The quantitative estimate of drug-likeness (QED) is 0.559. The summed E-state index contributed by atoms with van der Waals surface area (Å²) in [6, 6.07) is 13.0. The number of aromatic amines is 1. The smallest absolute Gasteiger partial charge is 0.228 e. The van der Waals surface area contributed by atoms with E-state index in [0.717, 1.165) is 49.5 Å². The highest BCUT2D eigenvalue weighted by molar-refractivity contribution is 6.31. The Hall–Kier alpha value is -2.87. The molecular weight excluding hydrogens is 416 g/mol. The van der Waals surface area contributed by atoms with Crippen molar-refractivity contribution in [2.75, 3.05) is 44.8 Å². The molecule has 2 aromatic carbocycles. The average molecular weight is 441 g/mol. The molecule has 162 valence electrons. The summed E-state index contributed by atoms with van der Waals surface area (Å²) in [7, 11) is 0. The first-order chi connectivity index (χ1) is 15.2. The van der Waals surface area contributed by atoms with Gasteiger partial charge in [0.15, 0.2) is 0 Å². The lowest BCUT2D eigenvalue weighted by Gasteiger charge is -2.26. The Kier molecular flexibility index (Phi) is 7.19. The van der Waals surface area contributed by atoms with E-state index in [2.05, 4.69) is 20.4 Å². The van der Waals surface area contributed by atoms with Crippen molar-refractivity contribution in [3.63, 3.8) is 0 Å². The molecule has 0 atom stereocenters. The minimum absolute atomic E-state index is 0.136. The van der Waals surface area contributed by atoms with Gasteiger partial charge in [-0.25, -0.2) is 0 Å². The molecule has 31 heavy (non-hydrogen) atoms. The number of carbonyl (C=O) groups is 1. The zero-order valence-electron chi connectivity index (χ0n) is 17.1. The third-order valence-corrected chi connectivity index (χ3v) is 5.52. The van der Waals surface area contributed by atoms with Gasteiger partial charge in [-0.05, 0) is 23.8 Å². The third-order valence-electron chi connectivity index (χ3n) is 5.15. The van der Waals surface area contributed by atoms with Crippen molar-refractivity contribution in [2.24, 2.45) is 0 Å². The number of hydrogen-bond donors (Lipinski definition) is 2. The van der Waals surface area contributed by atoms with Gasteiger partial charge >= 0.3 is 0 Å². The second kappa shape index (κ2) is 10.4. The van der Waals surface area contributed by atoms with Gasteiger partial charge in [0.25, 0.3) is 0 Å². The Labute approximate surface area is 186 Å². The monoisotopic (exact) mass is 440 g/mol. The van der Waals surface area contributed by atoms with Crippen LogP contribution in [0.25, 0.3) is 11.1 Å². The maximum absolute atomic E-state index is 12.5. The van der Waals surface area contributed by atoms with Crippen molar-refractivity contribution in [2.45, 2.75) is 6.42 Å². The largest absolute Gasteiger partial charge is 0.492 e. The molecular formula is C23H25ClN4O3. The summed E-state index contributed by atoms with van der Waals surface area (Å²) in [4.78, 5) is 14.9. The first-order valence-electron chi connectivity index (χ1n) is 10.3. The number of ether oxygens (including phenoxy) is 2. The molecule has 0 radical (unpaired) electrons. The molecule has 1 saturated heterocycles. The Morgan fingerprint density at radius 3 is 2.84 bits per heavy atom. The van der Waals surface area contributed by atoms with E-state index in [1.807, 2.05) is 42.6 Å². The second-order valence-corrected chi connectivity index (χ2v) is 7.72. The SMILES string of the molecule is O=C(Cc1ccccc1Cl)Nc1ccc(-c2cn[nH]c2)c(OCCN2CCOCC2)c1. The molecule has 0 unspecified atom stereocenters. The van der Waals surface area contributed by atoms with E-state index in [1.165, 1.54) is 0 Å². The van der Waals surface area contributed by atoms with Gasteiger partial charge in [-0.3, -0.25) is 14.8 Å². The highest BCUT2D eigenvalue weighted by atomic mass is 35.5. The van der Waals surface area contributed by atoms with Gasteiger partial charge in [0.05, 0.1) is 25.8 Å². The molecule has 1 aromatic heterocycles. The van der Waals surface area contributed by atoms with Crippen molar-refractivity contribution >= 4 is 23.2 Å². The fraction of sp³-hybridized carbons (Fsp3) is 0.304. The molecule has 2 N–H and O–H groups in total. The fourth-order valence-corrected chi connectivity index (χ4v) is 3.69. The lowest BCUT2D eigenvalue weighted by atomic mass is 10.1. The Morgan fingerprint density at radius 2 is 2.06 bits per heavy atom. The Bertz CT molecular complexity index is 1000. The van der Waals surface area contributed by atoms with Crippen molar-refractivity contribution in [1.82, 2.24) is 15.1 Å². The maximum Gasteiger partial charge on any atom is 0.228 e. The Balaban J connectivity index is 1.45. The average Bonchev–Trinajstić information content (AvgIpc) is 3.31. The normalized spacial score (nSPS) is 14.4. The number of H-pyrrole nitrogens is 1. The van der Waals surface area contributed by atoms with Gasteiger partial charge in [-0.1, -0.05) is 29.8 Å². The summed E-state index contributed by atoms with van der Waals surface area (Å²) < 4.78 is 11.5. The molecule has 8 heteroatoms. The highest BCUT2D eigenvalue weighted by Gasteiger charge is 2.14. The minimum atomic E-state index is -0.136. The summed E-state index contributed by atoms with van der Waals surface area (Å²) in [6.07, 6.45) is 3.77. The van der Waals surface area contributed by atoms with Crippen molar-refractivity contribution in [3.05, 3.63) is 65.4 Å². The number of aromatic nitrogens is 2. The predicted molar refractivity (Wildman–Crippen MR) is 121 cm³/mol. The molecule has 2 heterocycles. The van der Waals surface area contributed by atoms with Gasteiger partial charge < -0.3 is 14.8 Å². The van der Waals surface area contributed by atoms with E-state index in [4.69, 9.17) is 21.1 Å². The predicted octanol–water partition coefficient (Wildman–Crippen LogP) is 3.62. The molecule has 1 aliphatic heterocycles. The van der Waals surface area contributed by atoms with Gasteiger partial charge in [0, 0.05) is 53.7 Å². The zero-order valence-corrected chi connectivity index (χ0v) is 17.9.